The van der Waals surface area contributed by atoms with E-state index in [4.69, 9.17) is 9.73 Å². The molecule has 1 heterocycles. The molecule has 6 heteroatoms. The number of hydrogen-bond acceptors (Lipinski definition) is 3. The minimum absolute atomic E-state index is 0.258. The van der Waals surface area contributed by atoms with Gasteiger partial charge in [0.05, 0.1) is 0 Å². The van der Waals surface area contributed by atoms with Gasteiger partial charge in [-0.1, -0.05) is 12.8 Å². The van der Waals surface area contributed by atoms with Gasteiger partial charge in [-0.05, 0) is 44.4 Å². The summed E-state index contributed by atoms with van der Waals surface area (Å²) in [5, 5.41) is 6.64. The Balaban J connectivity index is 1.81. The first-order valence-corrected chi connectivity index (χ1v) is 9.98. The van der Waals surface area contributed by atoms with Crippen LogP contribution in [0.4, 0.5) is 0 Å². The second-order valence-corrected chi connectivity index (χ2v) is 7.41. The molecule has 6 nitrogen and oxygen atoms in total. The number of methoxy groups -OCH3 is 1. The number of hydrogen-bond donors (Lipinski definition) is 2. The summed E-state index contributed by atoms with van der Waals surface area (Å²) < 4.78 is 5.30. The molecule has 0 spiro atoms. The van der Waals surface area contributed by atoms with E-state index in [9.17, 15) is 4.79 Å². The molecule has 1 amide bonds. The Labute approximate surface area is 152 Å². The number of likely N-dealkylation sites (tertiary alicyclic amines) is 1. The molecule has 2 rings (SSSR count). The average molecular weight is 353 g/mol. The lowest BCUT2D eigenvalue weighted by Crippen LogP contribution is -2.40. The summed E-state index contributed by atoms with van der Waals surface area (Å²) in [7, 11) is 1.77. The van der Waals surface area contributed by atoms with Crippen LogP contribution in [0.1, 0.15) is 58.3 Å². The third kappa shape index (κ3) is 6.49. The lowest BCUT2D eigenvalue weighted by Gasteiger charge is -2.27. The standard InChI is InChI=1S/C19H36N4O2/c1-3-20-18(21-12-8-17(24)23-13-6-7-14-23)22-16-19(11-15-25-2)9-4-5-10-19/h3-16H2,1-2H3,(H2,20,21,22). The number of carbonyl (C=O) groups excluding carboxylic acids is 1. The van der Waals surface area contributed by atoms with E-state index in [2.05, 4.69) is 17.6 Å². The molecule has 0 bridgehead atoms. The molecule has 1 aliphatic heterocycles. The summed E-state index contributed by atoms with van der Waals surface area (Å²) in [5.74, 6) is 1.09. The van der Waals surface area contributed by atoms with Crippen molar-refractivity contribution in [1.29, 1.82) is 0 Å². The Morgan fingerprint density at radius 3 is 2.52 bits per heavy atom. The number of aliphatic imine (C=N–C) groups is 1. The normalized spacial score (nSPS) is 20.1. The molecule has 2 N–H and O–H groups in total. The van der Waals surface area contributed by atoms with Crippen molar-refractivity contribution in [1.82, 2.24) is 15.5 Å². The molecule has 144 valence electrons. The average Bonchev–Trinajstić information content (AvgIpc) is 3.30. The number of amides is 1. The SMILES string of the molecule is CCNC(=NCC1(CCOC)CCCC1)NCCC(=O)N1CCCC1. The zero-order chi connectivity index (χ0) is 18.0. The summed E-state index contributed by atoms with van der Waals surface area (Å²) in [4.78, 5) is 18.9. The van der Waals surface area contributed by atoms with Crippen LogP contribution < -0.4 is 10.6 Å². The molecule has 1 aliphatic carbocycles. The van der Waals surface area contributed by atoms with E-state index in [-0.39, 0.29) is 5.91 Å². The van der Waals surface area contributed by atoms with E-state index in [1.165, 1.54) is 25.7 Å². The van der Waals surface area contributed by atoms with Gasteiger partial charge in [-0.3, -0.25) is 9.79 Å². The summed E-state index contributed by atoms with van der Waals surface area (Å²) in [6.45, 7) is 7.05. The molecule has 2 aliphatic rings. The zero-order valence-electron chi connectivity index (χ0n) is 16.1. The van der Waals surface area contributed by atoms with Crippen molar-refractivity contribution in [3.63, 3.8) is 0 Å². The summed E-state index contributed by atoms with van der Waals surface area (Å²) in [5.41, 5.74) is 0.295. The van der Waals surface area contributed by atoms with Crippen LogP contribution in [0.5, 0.6) is 0 Å². The van der Waals surface area contributed by atoms with E-state index in [1.807, 2.05) is 4.90 Å². The predicted molar refractivity (Wildman–Crippen MR) is 102 cm³/mol. The van der Waals surface area contributed by atoms with Gasteiger partial charge >= 0.3 is 0 Å². The number of carbonyl (C=O) groups is 1. The highest BCUT2D eigenvalue weighted by atomic mass is 16.5. The quantitative estimate of drug-likeness (QED) is 0.493. The van der Waals surface area contributed by atoms with Gasteiger partial charge in [0.2, 0.25) is 5.91 Å². The van der Waals surface area contributed by atoms with Crippen LogP contribution in [-0.2, 0) is 9.53 Å². The second kappa shape index (κ2) is 10.6. The van der Waals surface area contributed by atoms with Crippen LogP contribution >= 0.6 is 0 Å². The molecule has 1 saturated carbocycles. The van der Waals surface area contributed by atoms with Crippen molar-refractivity contribution in [3.8, 4) is 0 Å². The van der Waals surface area contributed by atoms with Crippen molar-refractivity contribution < 1.29 is 9.53 Å². The molecule has 0 atom stereocenters. The maximum Gasteiger partial charge on any atom is 0.224 e. The molecule has 0 radical (unpaired) electrons. The maximum atomic E-state index is 12.1. The molecule has 2 fully saturated rings. The fraction of sp³-hybridized carbons (Fsp3) is 0.895. The van der Waals surface area contributed by atoms with Gasteiger partial charge in [-0.15, -0.1) is 0 Å². The fourth-order valence-corrected chi connectivity index (χ4v) is 3.93. The molecule has 0 aromatic rings. The van der Waals surface area contributed by atoms with Crippen LogP contribution in [-0.4, -0.2) is 63.2 Å². The lowest BCUT2D eigenvalue weighted by molar-refractivity contribution is -0.129. The molecular formula is C19H36N4O2. The van der Waals surface area contributed by atoms with Gasteiger partial charge < -0.3 is 20.3 Å². The predicted octanol–water partition coefficient (Wildman–Crippen LogP) is 2.15. The molecular weight excluding hydrogens is 316 g/mol. The number of nitrogens with one attached hydrogen (secondary N) is 2. The van der Waals surface area contributed by atoms with E-state index in [1.54, 1.807) is 7.11 Å². The van der Waals surface area contributed by atoms with Crippen molar-refractivity contribution >= 4 is 11.9 Å². The maximum absolute atomic E-state index is 12.1. The third-order valence-electron chi connectivity index (χ3n) is 5.51. The smallest absolute Gasteiger partial charge is 0.224 e. The van der Waals surface area contributed by atoms with Crippen LogP contribution in [0.15, 0.2) is 4.99 Å². The van der Waals surface area contributed by atoms with Gasteiger partial charge in [-0.25, -0.2) is 0 Å². The van der Waals surface area contributed by atoms with Gasteiger partial charge in [0, 0.05) is 52.9 Å². The largest absolute Gasteiger partial charge is 0.385 e. The minimum Gasteiger partial charge on any atom is -0.385 e. The fourth-order valence-electron chi connectivity index (χ4n) is 3.93. The van der Waals surface area contributed by atoms with Crippen LogP contribution in [0, 0.1) is 5.41 Å². The first-order chi connectivity index (χ1) is 12.2. The molecule has 0 unspecified atom stereocenters. The Morgan fingerprint density at radius 2 is 1.88 bits per heavy atom. The van der Waals surface area contributed by atoms with Crippen molar-refractivity contribution in [2.75, 3.05) is 46.4 Å². The number of ether oxygens (including phenoxy) is 1. The highest BCUT2D eigenvalue weighted by Crippen LogP contribution is 2.41. The summed E-state index contributed by atoms with van der Waals surface area (Å²) in [6, 6.07) is 0. The van der Waals surface area contributed by atoms with E-state index < -0.39 is 0 Å². The minimum atomic E-state index is 0.258. The third-order valence-corrected chi connectivity index (χ3v) is 5.51. The Hall–Kier alpha value is -1.30. The van der Waals surface area contributed by atoms with Gasteiger partial charge in [0.25, 0.3) is 0 Å². The van der Waals surface area contributed by atoms with Crippen LogP contribution in [0.2, 0.25) is 0 Å². The van der Waals surface area contributed by atoms with E-state index in [0.29, 0.717) is 18.4 Å². The number of nitrogens with zero attached hydrogens (tertiary/aromatic N) is 2. The Morgan fingerprint density at radius 1 is 1.16 bits per heavy atom. The first-order valence-electron chi connectivity index (χ1n) is 9.98. The lowest BCUT2D eigenvalue weighted by atomic mass is 9.83. The summed E-state index contributed by atoms with van der Waals surface area (Å²) in [6.07, 6.45) is 9.00. The molecule has 1 saturated heterocycles. The molecule has 0 aromatic heterocycles. The van der Waals surface area contributed by atoms with Crippen molar-refractivity contribution in [2.24, 2.45) is 10.4 Å². The number of guanidine groups is 1. The Kier molecular flexibility index (Phi) is 8.52. The van der Waals surface area contributed by atoms with E-state index >= 15 is 0 Å². The van der Waals surface area contributed by atoms with E-state index in [0.717, 1.165) is 58.0 Å². The zero-order valence-corrected chi connectivity index (χ0v) is 16.1. The number of rotatable bonds is 9. The monoisotopic (exact) mass is 352 g/mol. The highest BCUT2D eigenvalue weighted by molar-refractivity contribution is 5.81. The molecule has 25 heavy (non-hydrogen) atoms. The van der Waals surface area contributed by atoms with Gasteiger partial charge in [-0.2, -0.15) is 0 Å². The first kappa shape index (κ1) is 20.0. The summed E-state index contributed by atoms with van der Waals surface area (Å²) >= 11 is 0. The van der Waals surface area contributed by atoms with Crippen molar-refractivity contribution in [2.45, 2.75) is 58.3 Å². The van der Waals surface area contributed by atoms with Crippen molar-refractivity contribution in [3.05, 3.63) is 0 Å². The topological polar surface area (TPSA) is 66.0 Å². The Bertz CT molecular complexity index is 427. The van der Waals surface area contributed by atoms with Gasteiger partial charge in [0.15, 0.2) is 5.96 Å². The van der Waals surface area contributed by atoms with Crippen LogP contribution in [0.25, 0.3) is 0 Å². The molecule has 0 aromatic carbocycles. The van der Waals surface area contributed by atoms with Gasteiger partial charge in [0.1, 0.15) is 0 Å². The van der Waals surface area contributed by atoms with Crippen LogP contribution in [0.3, 0.4) is 0 Å². The second-order valence-electron chi connectivity index (χ2n) is 7.41. The highest BCUT2D eigenvalue weighted by Gasteiger charge is 2.33.